The van der Waals surface area contributed by atoms with Crippen molar-refractivity contribution in [2.45, 2.75) is 51.9 Å². The van der Waals surface area contributed by atoms with Gasteiger partial charge in [-0.05, 0) is 0 Å². The van der Waals surface area contributed by atoms with Crippen LogP contribution in [-0.2, 0) is 12.8 Å². The van der Waals surface area contributed by atoms with E-state index in [1.807, 2.05) is 12.1 Å². The van der Waals surface area contributed by atoms with Crippen molar-refractivity contribution in [1.82, 2.24) is 9.97 Å². The summed E-state index contributed by atoms with van der Waals surface area (Å²) in [4.78, 5) is 8.92. The van der Waals surface area contributed by atoms with Gasteiger partial charge in [-0.25, -0.2) is 0 Å². The van der Waals surface area contributed by atoms with Crippen LogP contribution in [0.25, 0.3) is 41.8 Å². The third-order valence-corrected chi connectivity index (χ3v) is 13.3. The van der Waals surface area contributed by atoms with Crippen LogP contribution in [0.4, 0.5) is 26.3 Å². The van der Waals surface area contributed by atoms with E-state index >= 15 is 0 Å². The number of aromatic nitrogens is 2. The number of hydrogen-bond acceptors (Lipinski definition) is 3. The summed E-state index contributed by atoms with van der Waals surface area (Å²) in [5, 5.41) is 1.53. The number of ether oxygens (including phenoxy) is 1. The van der Waals surface area contributed by atoms with E-state index in [9.17, 15) is 26.3 Å². The molecule has 0 amide bonds. The molecule has 2 aromatic carbocycles. The van der Waals surface area contributed by atoms with Gasteiger partial charge in [-0.3, -0.25) is 0 Å². The molecule has 0 N–H and O–H groups in total. The SMILES string of the molecule is [2H]c1cc2c(C)c(CCC(F)(F)F)[se]c2c(-c2cccc(Oc3cccc(-c4nc([2H])cc5c(C)c(CCC(F)(F)F)[se]c45)c3)c2)n1. The van der Waals surface area contributed by atoms with Crippen molar-refractivity contribution in [3.63, 3.8) is 0 Å². The van der Waals surface area contributed by atoms with Gasteiger partial charge in [0.2, 0.25) is 0 Å². The van der Waals surface area contributed by atoms with Gasteiger partial charge < -0.3 is 0 Å². The van der Waals surface area contributed by atoms with E-state index in [-0.39, 0.29) is 54.2 Å². The van der Waals surface area contributed by atoms with E-state index in [2.05, 4.69) is 9.97 Å². The summed E-state index contributed by atoms with van der Waals surface area (Å²) in [6.07, 6.45) is -10.4. The van der Waals surface area contributed by atoms with Crippen molar-refractivity contribution in [3.8, 4) is 34.0 Å². The minimum atomic E-state index is -4.25. The molecule has 0 bridgehead atoms. The van der Waals surface area contributed by atoms with Crippen molar-refractivity contribution in [2.24, 2.45) is 0 Å². The third kappa shape index (κ3) is 7.07. The molecule has 0 aliphatic heterocycles. The van der Waals surface area contributed by atoms with Gasteiger partial charge in [0, 0.05) is 0 Å². The van der Waals surface area contributed by atoms with Gasteiger partial charge in [0.25, 0.3) is 0 Å². The molecule has 0 aliphatic carbocycles. The van der Waals surface area contributed by atoms with E-state index in [4.69, 9.17) is 7.48 Å². The zero-order chi connectivity index (χ0) is 33.7. The summed E-state index contributed by atoms with van der Waals surface area (Å²) in [5.41, 5.74) is 4.00. The van der Waals surface area contributed by atoms with Crippen LogP contribution < -0.4 is 4.74 Å². The Labute approximate surface area is 270 Å². The van der Waals surface area contributed by atoms with Gasteiger partial charge in [-0.15, -0.1) is 0 Å². The summed E-state index contributed by atoms with van der Waals surface area (Å²) in [6.45, 7) is 3.61. The molecule has 0 fully saturated rings. The molecule has 0 atom stereocenters. The fourth-order valence-corrected chi connectivity index (χ4v) is 10.6. The Bertz CT molecular complexity index is 1970. The average Bonchev–Trinajstić information content (AvgIpc) is 3.49. The average molecular weight is 753 g/mol. The molecule has 4 heterocycles. The molecular formula is C34H26F6N2OSe2. The summed E-state index contributed by atoms with van der Waals surface area (Å²) in [6, 6.07) is 17.5. The maximum absolute atomic E-state index is 13.0. The van der Waals surface area contributed by atoms with Crippen molar-refractivity contribution in [3.05, 3.63) is 93.0 Å². The number of rotatable bonds is 8. The Kier molecular flexibility index (Phi) is 8.04. The molecule has 0 saturated heterocycles. The number of halogens is 6. The first-order valence-corrected chi connectivity index (χ1v) is 17.4. The van der Waals surface area contributed by atoms with Crippen LogP contribution in [-0.4, -0.2) is 51.3 Å². The van der Waals surface area contributed by atoms with Gasteiger partial charge in [0.15, 0.2) is 0 Å². The number of aryl methyl sites for hydroxylation is 4. The second-order valence-corrected chi connectivity index (χ2v) is 15.3. The van der Waals surface area contributed by atoms with Crippen molar-refractivity contribution in [2.75, 3.05) is 0 Å². The molecule has 232 valence electrons. The predicted octanol–water partition coefficient (Wildman–Crippen LogP) is 9.63. The predicted molar refractivity (Wildman–Crippen MR) is 167 cm³/mol. The van der Waals surface area contributed by atoms with E-state index in [0.29, 0.717) is 34.0 Å². The monoisotopic (exact) mass is 754 g/mol. The van der Waals surface area contributed by atoms with Gasteiger partial charge in [-0.1, -0.05) is 0 Å². The van der Waals surface area contributed by atoms with Crippen LogP contribution >= 0.6 is 0 Å². The number of alkyl halides is 6. The third-order valence-electron chi connectivity index (χ3n) is 7.51. The van der Waals surface area contributed by atoms with Crippen LogP contribution in [0.5, 0.6) is 11.5 Å². The van der Waals surface area contributed by atoms with Crippen LogP contribution in [0.2, 0.25) is 0 Å². The molecule has 4 aromatic heterocycles. The maximum atomic E-state index is 13.0. The second-order valence-electron chi connectivity index (χ2n) is 10.6. The fourth-order valence-electron chi connectivity index (χ4n) is 5.20. The Morgan fingerprint density at radius 2 is 1.09 bits per heavy atom. The summed E-state index contributed by atoms with van der Waals surface area (Å²) >= 11 is -0.736. The molecule has 6 rings (SSSR count). The molecule has 0 radical (unpaired) electrons. The topological polar surface area (TPSA) is 35.0 Å². The second kappa shape index (κ2) is 12.4. The molecule has 3 nitrogen and oxygen atoms in total. The standard InChI is InChI=1S/C34H26F6N2OSe2/c1-19-25-11-15-41-29(31(25)44-27(19)9-13-33(35,36)37)21-5-3-7-23(17-21)43-24-8-4-6-22(18-24)30-32-26(12-16-42-30)20(2)28(45-32)10-14-34(38,39)40/h3-8,11-12,15-18H,9-10,13-14H2,1-2H3/i15D,16D. The van der Waals surface area contributed by atoms with E-state index in [0.717, 1.165) is 39.3 Å². The van der Waals surface area contributed by atoms with Gasteiger partial charge >= 0.3 is 271 Å². The number of benzene rings is 2. The first-order chi connectivity index (χ1) is 22.1. The van der Waals surface area contributed by atoms with Gasteiger partial charge in [-0.2, -0.15) is 0 Å². The molecule has 6 aromatic rings. The number of nitrogens with zero attached hydrogens (tertiary/aromatic N) is 2. The first-order valence-electron chi connectivity index (χ1n) is 15.0. The first kappa shape index (κ1) is 29.1. The van der Waals surface area contributed by atoms with Crippen molar-refractivity contribution < 1.29 is 33.8 Å². The van der Waals surface area contributed by atoms with Crippen LogP contribution in [0, 0.1) is 13.8 Å². The summed E-state index contributed by atoms with van der Waals surface area (Å²) in [7, 11) is 0. The zero-order valence-corrected chi connectivity index (χ0v) is 27.4. The minimum absolute atomic E-state index is 0.0227. The normalized spacial score (nSPS) is 13.0. The molecule has 0 spiro atoms. The number of fused-ring (bicyclic) bond motifs is 2. The molecule has 0 aliphatic rings. The number of pyridine rings is 2. The van der Waals surface area contributed by atoms with Crippen LogP contribution in [0.15, 0.2) is 73.0 Å². The Hall–Kier alpha value is -3.36. The zero-order valence-electron chi connectivity index (χ0n) is 26.0. The van der Waals surface area contributed by atoms with E-state index in [1.165, 1.54) is 0 Å². The van der Waals surface area contributed by atoms with Gasteiger partial charge in [0.1, 0.15) is 0 Å². The summed E-state index contributed by atoms with van der Waals surface area (Å²) < 4.78 is 104. The molecule has 0 unspecified atom stereocenters. The van der Waals surface area contributed by atoms with Crippen LogP contribution in [0.1, 0.15) is 35.6 Å². The van der Waals surface area contributed by atoms with Crippen molar-refractivity contribution >= 4 is 48.3 Å². The quantitative estimate of drug-likeness (QED) is 0.115. The molecular weight excluding hydrogens is 724 g/mol. The molecule has 0 saturated carbocycles. The number of hydrogen-bond donors (Lipinski definition) is 0. The Morgan fingerprint density at radius 1 is 0.667 bits per heavy atom. The van der Waals surface area contributed by atoms with Crippen LogP contribution in [0.3, 0.4) is 0 Å². The van der Waals surface area contributed by atoms with Gasteiger partial charge in [0.05, 0.1) is 0 Å². The van der Waals surface area contributed by atoms with E-state index < -0.39 is 25.2 Å². The summed E-state index contributed by atoms with van der Waals surface area (Å²) in [5.74, 6) is 0.948. The Morgan fingerprint density at radius 3 is 1.49 bits per heavy atom. The molecule has 11 heteroatoms. The van der Waals surface area contributed by atoms with E-state index in [1.54, 1.807) is 62.4 Å². The Balaban J connectivity index is 1.32. The fraction of sp³-hybridized carbons (Fsp3) is 0.235. The van der Waals surface area contributed by atoms with Crippen molar-refractivity contribution in [1.29, 1.82) is 0 Å². The molecule has 45 heavy (non-hydrogen) atoms.